The van der Waals surface area contributed by atoms with Crippen LogP contribution in [0.1, 0.15) is 51.7 Å². The highest BCUT2D eigenvalue weighted by Crippen LogP contribution is 2.37. The highest BCUT2D eigenvalue weighted by molar-refractivity contribution is 6.31. The molecule has 1 rings (SSSR count). The van der Waals surface area contributed by atoms with Gasteiger partial charge in [-0.3, -0.25) is 0 Å². The van der Waals surface area contributed by atoms with Crippen LogP contribution in [0.3, 0.4) is 0 Å². The van der Waals surface area contributed by atoms with E-state index in [0.29, 0.717) is 11.7 Å². The molecule has 0 unspecified atom stereocenters. The Labute approximate surface area is 97.1 Å². The van der Waals surface area contributed by atoms with Gasteiger partial charge in [0, 0.05) is 10.6 Å². The second-order valence-corrected chi connectivity index (χ2v) is 5.70. The number of hydrogen-bond donors (Lipinski definition) is 1. The predicted molar refractivity (Wildman–Crippen MR) is 65.9 cm³/mol. The van der Waals surface area contributed by atoms with Crippen LogP contribution in [0.25, 0.3) is 0 Å². The van der Waals surface area contributed by atoms with Crippen molar-refractivity contribution in [2.24, 2.45) is 0 Å². The lowest BCUT2D eigenvalue weighted by Gasteiger charge is -2.22. The van der Waals surface area contributed by atoms with Gasteiger partial charge in [-0.15, -0.1) is 0 Å². The van der Waals surface area contributed by atoms with E-state index in [2.05, 4.69) is 34.6 Å². The molecule has 2 heteroatoms. The van der Waals surface area contributed by atoms with Gasteiger partial charge in [0.15, 0.2) is 0 Å². The maximum absolute atomic E-state index is 9.94. The molecular weight excluding hydrogens is 208 g/mol. The van der Waals surface area contributed by atoms with Gasteiger partial charge in [0.25, 0.3) is 0 Å². The molecule has 0 saturated heterocycles. The van der Waals surface area contributed by atoms with Crippen molar-refractivity contribution < 1.29 is 5.11 Å². The second kappa shape index (κ2) is 4.05. The van der Waals surface area contributed by atoms with E-state index in [4.69, 9.17) is 11.6 Å². The fourth-order valence-electron chi connectivity index (χ4n) is 1.62. The Hall–Kier alpha value is -0.690. The van der Waals surface area contributed by atoms with Crippen molar-refractivity contribution in [3.63, 3.8) is 0 Å². The van der Waals surface area contributed by atoms with E-state index >= 15 is 0 Å². The molecule has 0 radical (unpaired) electrons. The standard InChI is InChI=1S/C13H19ClO/c1-8(2)9-6-12(15)10(7-11(9)14)13(3,4)5/h6-8,15H,1-5H3. The van der Waals surface area contributed by atoms with Gasteiger partial charge in [-0.1, -0.05) is 46.2 Å². The fourth-order valence-corrected chi connectivity index (χ4v) is 2.00. The Balaban J connectivity index is 3.32. The number of halogens is 1. The molecule has 1 aromatic carbocycles. The van der Waals surface area contributed by atoms with Crippen molar-refractivity contribution in [3.8, 4) is 5.75 Å². The smallest absolute Gasteiger partial charge is 0.119 e. The molecule has 1 N–H and O–H groups in total. The van der Waals surface area contributed by atoms with E-state index in [0.717, 1.165) is 16.1 Å². The molecule has 0 saturated carbocycles. The number of aromatic hydroxyl groups is 1. The maximum atomic E-state index is 9.94. The summed E-state index contributed by atoms with van der Waals surface area (Å²) in [6, 6.07) is 3.67. The van der Waals surface area contributed by atoms with E-state index in [9.17, 15) is 5.11 Å². The third kappa shape index (κ3) is 2.66. The van der Waals surface area contributed by atoms with Gasteiger partial charge >= 0.3 is 0 Å². The van der Waals surface area contributed by atoms with Crippen molar-refractivity contribution in [3.05, 3.63) is 28.3 Å². The zero-order valence-electron chi connectivity index (χ0n) is 10.1. The molecule has 1 aromatic rings. The van der Waals surface area contributed by atoms with Crippen LogP contribution in [0.15, 0.2) is 12.1 Å². The Morgan fingerprint density at radius 1 is 1.20 bits per heavy atom. The fraction of sp³-hybridized carbons (Fsp3) is 0.538. The molecule has 0 aliphatic heterocycles. The Bertz CT molecular complexity index is 362. The maximum Gasteiger partial charge on any atom is 0.119 e. The minimum Gasteiger partial charge on any atom is -0.508 e. The molecule has 84 valence electrons. The quantitative estimate of drug-likeness (QED) is 0.749. The summed E-state index contributed by atoms with van der Waals surface area (Å²) in [5.74, 6) is 0.674. The van der Waals surface area contributed by atoms with Crippen LogP contribution in [0, 0.1) is 0 Å². The number of phenolic OH excluding ortho intramolecular Hbond substituents is 1. The van der Waals surface area contributed by atoms with Gasteiger partial charge in [0.1, 0.15) is 5.75 Å². The average molecular weight is 227 g/mol. The van der Waals surface area contributed by atoms with Gasteiger partial charge in [0.2, 0.25) is 0 Å². The summed E-state index contributed by atoms with van der Waals surface area (Å²) >= 11 is 6.19. The van der Waals surface area contributed by atoms with Gasteiger partial charge in [0.05, 0.1) is 0 Å². The lowest BCUT2D eigenvalue weighted by molar-refractivity contribution is 0.445. The molecule has 0 bridgehead atoms. The summed E-state index contributed by atoms with van der Waals surface area (Å²) in [7, 11) is 0. The van der Waals surface area contributed by atoms with E-state index in [1.165, 1.54) is 0 Å². The molecule has 15 heavy (non-hydrogen) atoms. The molecule has 0 aromatic heterocycles. The van der Waals surface area contributed by atoms with Gasteiger partial charge in [-0.25, -0.2) is 0 Å². The third-order valence-electron chi connectivity index (χ3n) is 2.55. The molecule has 0 spiro atoms. The Morgan fingerprint density at radius 3 is 2.13 bits per heavy atom. The predicted octanol–water partition coefficient (Wildman–Crippen LogP) is 4.47. The van der Waals surface area contributed by atoms with Gasteiger partial charge in [-0.2, -0.15) is 0 Å². The van der Waals surface area contributed by atoms with Crippen molar-refractivity contribution in [2.45, 2.75) is 46.0 Å². The highest BCUT2D eigenvalue weighted by Gasteiger charge is 2.20. The third-order valence-corrected chi connectivity index (χ3v) is 2.87. The van der Waals surface area contributed by atoms with E-state index in [1.807, 2.05) is 6.07 Å². The molecule has 0 aliphatic carbocycles. The zero-order valence-corrected chi connectivity index (χ0v) is 10.8. The van der Waals surface area contributed by atoms with Crippen LogP contribution >= 0.6 is 11.6 Å². The first-order valence-corrected chi connectivity index (χ1v) is 5.64. The number of phenols is 1. The summed E-state index contributed by atoms with van der Waals surface area (Å²) in [4.78, 5) is 0. The summed E-state index contributed by atoms with van der Waals surface area (Å²) in [5, 5.41) is 10.7. The first kappa shape index (κ1) is 12.4. The summed E-state index contributed by atoms with van der Waals surface area (Å²) in [6.07, 6.45) is 0. The largest absolute Gasteiger partial charge is 0.508 e. The summed E-state index contributed by atoms with van der Waals surface area (Å²) < 4.78 is 0. The molecular formula is C13H19ClO. The minimum atomic E-state index is -0.0801. The van der Waals surface area contributed by atoms with Crippen LogP contribution in [0.2, 0.25) is 5.02 Å². The second-order valence-electron chi connectivity index (χ2n) is 5.30. The monoisotopic (exact) mass is 226 g/mol. The molecule has 0 heterocycles. The Kier molecular flexibility index (Phi) is 3.34. The van der Waals surface area contributed by atoms with Crippen molar-refractivity contribution >= 4 is 11.6 Å². The van der Waals surface area contributed by atoms with Gasteiger partial charge < -0.3 is 5.11 Å². The van der Waals surface area contributed by atoms with E-state index in [-0.39, 0.29) is 5.41 Å². The van der Waals surface area contributed by atoms with Gasteiger partial charge in [-0.05, 0) is 29.0 Å². The van der Waals surface area contributed by atoms with Crippen LogP contribution in [-0.4, -0.2) is 5.11 Å². The number of rotatable bonds is 1. The van der Waals surface area contributed by atoms with Crippen LogP contribution in [0.5, 0.6) is 5.75 Å². The van der Waals surface area contributed by atoms with Crippen molar-refractivity contribution in [1.29, 1.82) is 0 Å². The van der Waals surface area contributed by atoms with Crippen LogP contribution in [-0.2, 0) is 5.41 Å². The topological polar surface area (TPSA) is 20.2 Å². The SMILES string of the molecule is CC(C)c1cc(O)c(C(C)(C)C)cc1Cl. The van der Waals surface area contributed by atoms with Crippen LogP contribution < -0.4 is 0 Å². The van der Waals surface area contributed by atoms with Crippen molar-refractivity contribution in [1.82, 2.24) is 0 Å². The molecule has 0 amide bonds. The molecule has 1 nitrogen and oxygen atoms in total. The Morgan fingerprint density at radius 2 is 1.73 bits per heavy atom. The summed E-state index contributed by atoms with van der Waals surface area (Å²) in [5.41, 5.74) is 1.82. The molecule has 0 fully saturated rings. The lowest BCUT2D eigenvalue weighted by Crippen LogP contribution is -2.11. The molecule has 0 atom stereocenters. The lowest BCUT2D eigenvalue weighted by atomic mass is 9.85. The van der Waals surface area contributed by atoms with Crippen LogP contribution in [0.4, 0.5) is 0 Å². The number of hydrogen-bond acceptors (Lipinski definition) is 1. The first-order chi connectivity index (χ1) is 6.73. The van der Waals surface area contributed by atoms with Crippen molar-refractivity contribution in [2.75, 3.05) is 0 Å². The van der Waals surface area contributed by atoms with E-state index in [1.54, 1.807) is 6.07 Å². The van der Waals surface area contributed by atoms with E-state index < -0.39 is 0 Å². The highest BCUT2D eigenvalue weighted by atomic mass is 35.5. The normalized spacial score (nSPS) is 12.2. The molecule has 0 aliphatic rings. The average Bonchev–Trinajstić information content (AvgIpc) is 2.06. The first-order valence-electron chi connectivity index (χ1n) is 5.26. The minimum absolute atomic E-state index is 0.0801. The number of benzene rings is 1. The zero-order chi connectivity index (χ0) is 11.8. The summed E-state index contributed by atoms with van der Waals surface area (Å²) in [6.45, 7) is 10.3.